The summed E-state index contributed by atoms with van der Waals surface area (Å²) in [4.78, 5) is 0. The van der Waals surface area contributed by atoms with E-state index in [1.165, 1.54) is 43.6 Å². The van der Waals surface area contributed by atoms with Crippen molar-refractivity contribution in [2.24, 2.45) is 0 Å². The van der Waals surface area contributed by atoms with E-state index >= 15 is 0 Å². The third kappa shape index (κ3) is 4.43. The molecule has 0 saturated carbocycles. The summed E-state index contributed by atoms with van der Waals surface area (Å²) < 4.78 is 22.4. The van der Waals surface area contributed by atoms with Crippen LogP contribution in [0.3, 0.4) is 0 Å². The second-order valence-electron chi connectivity index (χ2n) is 16.9. The first kappa shape index (κ1) is 33.9. The van der Waals surface area contributed by atoms with E-state index in [0.717, 1.165) is 88.7 Å². The summed E-state index contributed by atoms with van der Waals surface area (Å²) in [6.07, 6.45) is 0. The predicted octanol–water partition coefficient (Wildman–Crippen LogP) is 15.6. The van der Waals surface area contributed by atoms with Crippen molar-refractivity contribution < 1.29 is 8.83 Å². The van der Waals surface area contributed by atoms with E-state index in [-0.39, 0.29) is 0 Å². The quantitative estimate of drug-likeness (QED) is 0.178. The van der Waals surface area contributed by atoms with Gasteiger partial charge in [-0.15, -0.1) is 0 Å². The standard InChI is InChI=1S/C58H34N4O2/c1-7-22-47-41(18-1)57-55(43-20-3-9-24-49(43)61(57)37-28-30-53-45(33-37)39-16-5-11-26-51(39)63-53)59(47)35-14-13-15-36(32-35)60-48-23-8-2-19-42(48)58-56(60)44-21-4-10-25-50(44)62(58)38-29-31-54-46(34-38)40-17-6-12-27-52(40)64-54/h1-34H. The van der Waals surface area contributed by atoms with Crippen LogP contribution in [-0.2, 0) is 0 Å². The van der Waals surface area contributed by atoms with Gasteiger partial charge in [-0.3, -0.25) is 0 Å². The molecule has 15 aromatic rings. The molecule has 0 fully saturated rings. The van der Waals surface area contributed by atoms with Crippen LogP contribution in [0.15, 0.2) is 215 Å². The molecule has 6 aromatic heterocycles. The fourth-order valence-corrected chi connectivity index (χ4v) is 10.9. The third-order valence-corrected chi connectivity index (χ3v) is 13.5. The smallest absolute Gasteiger partial charge is 0.135 e. The molecule has 0 N–H and O–H groups in total. The number of nitrogens with zero attached hydrogens (tertiary/aromatic N) is 4. The first-order valence-electron chi connectivity index (χ1n) is 21.8. The second-order valence-corrected chi connectivity index (χ2v) is 16.9. The fraction of sp³-hybridized carbons (Fsp3) is 0. The summed E-state index contributed by atoms with van der Waals surface area (Å²) in [5, 5.41) is 9.22. The van der Waals surface area contributed by atoms with Gasteiger partial charge in [-0.1, -0.05) is 115 Å². The van der Waals surface area contributed by atoms with Crippen molar-refractivity contribution in [3.8, 4) is 22.7 Å². The molecular formula is C58H34N4O2. The Morgan fingerprint density at radius 3 is 0.891 bits per heavy atom. The van der Waals surface area contributed by atoms with Gasteiger partial charge in [0.15, 0.2) is 0 Å². The molecule has 298 valence electrons. The van der Waals surface area contributed by atoms with Crippen LogP contribution in [0.2, 0.25) is 0 Å². The number of aromatic nitrogens is 4. The summed E-state index contributed by atoms with van der Waals surface area (Å²) in [5.41, 5.74) is 17.3. The number of furan rings is 2. The summed E-state index contributed by atoms with van der Waals surface area (Å²) in [5.74, 6) is 0. The van der Waals surface area contributed by atoms with Gasteiger partial charge in [-0.2, -0.15) is 0 Å². The molecule has 6 nitrogen and oxygen atoms in total. The average molecular weight is 819 g/mol. The van der Waals surface area contributed by atoms with E-state index in [9.17, 15) is 0 Å². The van der Waals surface area contributed by atoms with E-state index in [4.69, 9.17) is 8.83 Å². The zero-order valence-corrected chi connectivity index (χ0v) is 34.2. The van der Waals surface area contributed by atoms with Crippen molar-refractivity contribution in [1.82, 2.24) is 18.3 Å². The van der Waals surface area contributed by atoms with E-state index in [1.54, 1.807) is 0 Å². The first-order valence-corrected chi connectivity index (χ1v) is 21.8. The van der Waals surface area contributed by atoms with Crippen molar-refractivity contribution in [2.45, 2.75) is 0 Å². The van der Waals surface area contributed by atoms with Crippen molar-refractivity contribution >= 4 is 110 Å². The molecule has 6 heteroatoms. The molecule has 0 saturated heterocycles. The number of fused-ring (bicyclic) bond motifs is 16. The van der Waals surface area contributed by atoms with Crippen LogP contribution in [0, 0.1) is 0 Å². The molecule has 0 amide bonds. The fourth-order valence-electron chi connectivity index (χ4n) is 10.9. The van der Waals surface area contributed by atoms with Crippen LogP contribution < -0.4 is 0 Å². The lowest BCUT2D eigenvalue weighted by molar-refractivity contribution is 0.668. The summed E-state index contributed by atoms with van der Waals surface area (Å²) in [6.45, 7) is 0. The maximum absolute atomic E-state index is 6.28. The summed E-state index contributed by atoms with van der Waals surface area (Å²) in [6, 6.07) is 74.1. The average Bonchev–Trinajstić information content (AvgIpc) is 4.19. The normalized spacial score (nSPS) is 12.4. The highest BCUT2D eigenvalue weighted by Crippen LogP contribution is 2.44. The molecule has 15 rings (SSSR count). The van der Waals surface area contributed by atoms with Gasteiger partial charge >= 0.3 is 0 Å². The van der Waals surface area contributed by atoms with E-state index in [0.29, 0.717) is 0 Å². The number of hydrogen-bond acceptors (Lipinski definition) is 2. The largest absolute Gasteiger partial charge is 0.456 e. The van der Waals surface area contributed by atoms with Gasteiger partial charge in [0.05, 0.1) is 44.1 Å². The predicted molar refractivity (Wildman–Crippen MR) is 263 cm³/mol. The Bertz CT molecular complexity index is 4160. The molecule has 0 unspecified atom stereocenters. The van der Waals surface area contributed by atoms with Crippen LogP contribution in [-0.4, -0.2) is 18.3 Å². The first-order chi connectivity index (χ1) is 31.8. The Balaban J connectivity index is 0.995. The van der Waals surface area contributed by atoms with Gasteiger partial charge in [0.1, 0.15) is 22.3 Å². The molecule has 0 aliphatic heterocycles. The minimum Gasteiger partial charge on any atom is -0.456 e. The van der Waals surface area contributed by atoms with Crippen LogP contribution in [0.5, 0.6) is 0 Å². The van der Waals surface area contributed by atoms with Gasteiger partial charge in [0, 0.05) is 65.8 Å². The Morgan fingerprint density at radius 2 is 0.516 bits per heavy atom. The minimum absolute atomic E-state index is 0.888. The SMILES string of the molecule is c1cc(-n2c3ccccc3c3c2c2ccccc2n3-c2ccc3oc4ccccc4c3c2)cc(-n2c3ccccc3c3c2c2ccccc2n3-c2ccc3oc4ccccc4c3c2)c1. The lowest BCUT2D eigenvalue weighted by Crippen LogP contribution is -1.98. The molecule has 0 aliphatic carbocycles. The molecule has 64 heavy (non-hydrogen) atoms. The lowest BCUT2D eigenvalue weighted by Gasteiger charge is -2.13. The second kappa shape index (κ2) is 12.4. The number of benzene rings is 9. The number of hydrogen-bond donors (Lipinski definition) is 0. The summed E-state index contributed by atoms with van der Waals surface area (Å²) in [7, 11) is 0. The highest BCUT2D eigenvalue weighted by Gasteiger charge is 2.25. The molecule has 6 heterocycles. The van der Waals surface area contributed by atoms with Crippen molar-refractivity contribution in [2.75, 3.05) is 0 Å². The monoisotopic (exact) mass is 818 g/mol. The molecule has 0 spiro atoms. The molecular weight excluding hydrogens is 785 g/mol. The number of rotatable bonds is 4. The zero-order chi connectivity index (χ0) is 41.6. The van der Waals surface area contributed by atoms with E-state index < -0.39 is 0 Å². The van der Waals surface area contributed by atoms with E-state index in [1.807, 2.05) is 24.3 Å². The third-order valence-electron chi connectivity index (χ3n) is 13.5. The van der Waals surface area contributed by atoms with Crippen molar-refractivity contribution in [3.63, 3.8) is 0 Å². The lowest BCUT2D eigenvalue weighted by atomic mass is 10.1. The number of para-hydroxylation sites is 6. The Hall–Kier alpha value is -8.74. The topological polar surface area (TPSA) is 46.0 Å². The van der Waals surface area contributed by atoms with Crippen LogP contribution >= 0.6 is 0 Å². The van der Waals surface area contributed by atoms with Crippen molar-refractivity contribution in [1.29, 1.82) is 0 Å². The van der Waals surface area contributed by atoms with Gasteiger partial charge in [-0.05, 0) is 91.0 Å². The minimum atomic E-state index is 0.888. The molecule has 0 radical (unpaired) electrons. The molecule has 9 aromatic carbocycles. The summed E-state index contributed by atoms with van der Waals surface area (Å²) >= 11 is 0. The van der Waals surface area contributed by atoms with Crippen molar-refractivity contribution in [3.05, 3.63) is 206 Å². The van der Waals surface area contributed by atoms with Gasteiger partial charge in [0.25, 0.3) is 0 Å². The highest BCUT2D eigenvalue weighted by atomic mass is 16.3. The molecule has 0 aliphatic rings. The molecule has 0 atom stereocenters. The van der Waals surface area contributed by atoms with Crippen LogP contribution in [0.1, 0.15) is 0 Å². The maximum Gasteiger partial charge on any atom is 0.135 e. The van der Waals surface area contributed by atoms with Gasteiger partial charge in [-0.25, -0.2) is 0 Å². The highest BCUT2D eigenvalue weighted by molar-refractivity contribution is 6.22. The van der Waals surface area contributed by atoms with Crippen LogP contribution in [0.4, 0.5) is 0 Å². The Morgan fingerprint density at radius 1 is 0.219 bits per heavy atom. The Kier molecular flexibility index (Phi) is 6.59. The van der Waals surface area contributed by atoms with E-state index in [2.05, 4.69) is 200 Å². The van der Waals surface area contributed by atoms with Crippen LogP contribution in [0.25, 0.3) is 132 Å². The maximum atomic E-state index is 6.28. The molecule has 0 bridgehead atoms. The Labute approximate surface area is 364 Å². The zero-order valence-electron chi connectivity index (χ0n) is 34.2. The van der Waals surface area contributed by atoms with Gasteiger partial charge < -0.3 is 27.1 Å². The van der Waals surface area contributed by atoms with Gasteiger partial charge in [0.2, 0.25) is 0 Å².